The Hall–Kier alpha value is -2.53. The van der Waals surface area contributed by atoms with Crippen LogP contribution in [0, 0.1) is 6.92 Å². The quantitative estimate of drug-likeness (QED) is 0.387. The predicted octanol–water partition coefficient (Wildman–Crippen LogP) is 3.05. The van der Waals surface area contributed by atoms with Crippen molar-refractivity contribution in [2.45, 2.75) is 49.7 Å². The minimum absolute atomic E-state index is 0.0756. The maximum atomic E-state index is 13.6. The van der Waals surface area contributed by atoms with E-state index in [1.807, 2.05) is 19.1 Å². The summed E-state index contributed by atoms with van der Waals surface area (Å²) >= 11 is 0. The second-order valence-electron chi connectivity index (χ2n) is 9.64. The summed E-state index contributed by atoms with van der Waals surface area (Å²) in [4.78, 5) is 17.2. The van der Waals surface area contributed by atoms with E-state index in [9.17, 15) is 13.2 Å². The number of aliphatic hydroxyl groups excluding tert-OH is 1. The second-order valence-corrected chi connectivity index (χ2v) is 11.9. The van der Waals surface area contributed by atoms with Gasteiger partial charge in [-0.05, 0) is 42.9 Å². The fourth-order valence-electron chi connectivity index (χ4n) is 5.25. The van der Waals surface area contributed by atoms with Gasteiger partial charge in [-0.1, -0.05) is 24.3 Å². The van der Waals surface area contributed by atoms with Crippen molar-refractivity contribution >= 4 is 16.0 Å². The van der Waals surface area contributed by atoms with Gasteiger partial charge >= 0.3 is 5.97 Å². The van der Waals surface area contributed by atoms with E-state index >= 15 is 0 Å². The van der Waals surface area contributed by atoms with Gasteiger partial charge < -0.3 is 19.3 Å². The molecule has 2 fully saturated rings. The lowest BCUT2D eigenvalue weighted by molar-refractivity contribution is -0.146. The molecule has 10 heteroatoms. The Morgan fingerprint density at radius 3 is 2.57 bits per heavy atom. The Labute approximate surface area is 218 Å². The third-order valence-corrected chi connectivity index (χ3v) is 10.0. The molecule has 0 amide bonds. The third kappa shape index (κ3) is 5.67. The SMILES string of the molecule is COC(=O)C1(S(=O)(=O)N2CCC(c3ccc(-c4cccc(OCCCO)n4)c(C)c3)CC2)CCOCC1. The topological polar surface area (TPSA) is 115 Å². The first-order valence-corrected chi connectivity index (χ1v) is 14.2. The lowest BCUT2D eigenvalue weighted by Gasteiger charge is -2.40. The highest BCUT2D eigenvalue weighted by Gasteiger charge is 2.55. The van der Waals surface area contributed by atoms with Gasteiger partial charge in [0, 0.05) is 63.8 Å². The van der Waals surface area contributed by atoms with E-state index in [0.29, 0.717) is 44.8 Å². The van der Waals surface area contributed by atoms with Crippen LogP contribution in [0.15, 0.2) is 36.4 Å². The predicted molar refractivity (Wildman–Crippen MR) is 139 cm³/mol. The van der Waals surface area contributed by atoms with E-state index in [4.69, 9.17) is 19.3 Å². The first-order chi connectivity index (χ1) is 17.8. The number of hydrogen-bond donors (Lipinski definition) is 1. The van der Waals surface area contributed by atoms with Crippen molar-refractivity contribution in [1.82, 2.24) is 9.29 Å². The van der Waals surface area contributed by atoms with Crippen LogP contribution in [0.5, 0.6) is 5.88 Å². The van der Waals surface area contributed by atoms with Crippen molar-refractivity contribution in [2.75, 3.05) is 46.6 Å². The number of carbonyl (C=O) groups is 1. The summed E-state index contributed by atoms with van der Waals surface area (Å²) in [5.41, 5.74) is 4.08. The molecule has 1 aromatic heterocycles. The van der Waals surface area contributed by atoms with Gasteiger partial charge in [0.25, 0.3) is 0 Å². The molecule has 2 aliphatic heterocycles. The number of nitrogens with zero attached hydrogens (tertiary/aromatic N) is 2. The van der Waals surface area contributed by atoms with Crippen LogP contribution in [-0.2, 0) is 24.3 Å². The third-order valence-electron chi connectivity index (χ3n) is 7.42. The van der Waals surface area contributed by atoms with Crippen LogP contribution in [0.4, 0.5) is 0 Å². The molecule has 0 saturated carbocycles. The highest BCUT2D eigenvalue weighted by atomic mass is 32.2. The first-order valence-electron chi connectivity index (χ1n) is 12.8. The Balaban J connectivity index is 1.45. The fourth-order valence-corrected chi connectivity index (χ4v) is 7.41. The Bertz CT molecular complexity index is 1190. The molecule has 0 spiro atoms. The van der Waals surface area contributed by atoms with E-state index < -0.39 is 20.7 Å². The number of pyridine rings is 1. The molecule has 4 rings (SSSR count). The zero-order chi connectivity index (χ0) is 26.5. The molecular formula is C27H36N2O7S. The van der Waals surface area contributed by atoms with Crippen LogP contribution in [-0.4, -0.2) is 80.2 Å². The van der Waals surface area contributed by atoms with Gasteiger partial charge in [-0.3, -0.25) is 4.79 Å². The van der Waals surface area contributed by atoms with Gasteiger partial charge in [-0.2, -0.15) is 0 Å². The highest BCUT2D eigenvalue weighted by molar-refractivity contribution is 7.91. The van der Waals surface area contributed by atoms with Gasteiger partial charge in [0.1, 0.15) is 0 Å². The van der Waals surface area contributed by atoms with Crippen LogP contribution >= 0.6 is 0 Å². The minimum Gasteiger partial charge on any atom is -0.478 e. The van der Waals surface area contributed by atoms with Gasteiger partial charge in [0.05, 0.1) is 19.4 Å². The second kappa shape index (κ2) is 11.9. The monoisotopic (exact) mass is 532 g/mol. The Morgan fingerprint density at radius 1 is 1.19 bits per heavy atom. The lowest BCUT2D eigenvalue weighted by Crippen LogP contribution is -2.57. The van der Waals surface area contributed by atoms with Crippen LogP contribution in [0.3, 0.4) is 0 Å². The van der Waals surface area contributed by atoms with E-state index in [0.717, 1.165) is 16.8 Å². The number of methoxy groups -OCH3 is 1. The summed E-state index contributed by atoms with van der Waals surface area (Å²) in [7, 11) is -2.64. The summed E-state index contributed by atoms with van der Waals surface area (Å²) in [6, 6.07) is 11.9. The summed E-state index contributed by atoms with van der Waals surface area (Å²) < 4.78 is 43.0. The molecule has 202 valence electrons. The molecule has 37 heavy (non-hydrogen) atoms. The summed E-state index contributed by atoms with van der Waals surface area (Å²) in [5, 5.41) is 8.95. The minimum atomic E-state index is -3.88. The normalized spacial score (nSPS) is 18.9. The van der Waals surface area contributed by atoms with Crippen molar-refractivity contribution < 1.29 is 32.5 Å². The van der Waals surface area contributed by atoms with Crippen LogP contribution in [0.2, 0.25) is 0 Å². The molecule has 0 atom stereocenters. The van der Waals surface area contributed by atoms with Crippen LogP contribution in [0.25, 0.3) is 11.3 Å². The van der Waals surface area contributed by atoms with Crippen molar-refractivity contribution in [3.63, 3.8) is 0 Å². The summed E-state index contributed by atoms with van der Waals surface area (Å²) in [6.07, 6.45) is 2.14. The molecule has 2 aromatic rings. The highest BCUT2D eigenvalue weighted by Crippen LogP contribution is 2.38. The van der Waals surface area contributed by atoms with Crippen molar-refractivity contribution in [1.29, 1.82) is 0 Å². The number of rotatable bonds is 9. The lowest BCUT2D eigenvalue weighted by atomic mass is 9.88. The first kappa shape index (κ1) is 27.5. The maximum Gasteiger partial charge on any atom is 0.328 e. The molecular weight excluding hydrogens is 496 g/mol. The number of piperidine rings is 1. The smallest absolute Gasteiger partial charge is 0.328 e. The number of hydrogen-bond acceptors (Lipinski definition) is 8. The number of ether oxygens (including phenoxy) is 3. The molecule has 2 aliphatic rings. The average Bonchev–Trinajstić information content (AvgIpc) is 2.93. The van der Waals surface area contributed by atoms with E-state index in [1.54, 1.807) is 6.07 Å². The van der Waals surface area contributed by atoms with E-state index in [-0.39, 0.29) is 38.6 Å². The Morgan fingerprint density at radius 2 is 1.92 bits per heavy atom. The van der Waals surface area contributed by atoms with Crippen molar-refractivity contribution in [3.8, 4) is 17.1 Å². The Kier molecular flexibility index (Phi) is 8.84. The summed E-state index contributed by atoms with van der Waals surface area (Å²) in [6.45, 7) is 3.71. The fraction of sp³-hybridized carbons (Fsp3) is 0.556. The zero-order valence-corrected chi connectivity index (χ0v) is 22.3. The molecule has 1 aromatic carbocycles. The molecule has 2 saturated heterocycles. The average molecular weight is 533 g/mol. The zero-order valence-electron chi connectivity index (χ0n) is 21.5. The summed E-state index contributed by atoms with van der Waals surface area (Å²) in [5.74, 6) is 0.0574. The number of aryl methyl sites for hydroxylation is 1. The standard InChI is InChI=1S/C27H36N2O7S/c1-20-19-22(7-8-23(20)24-5-3-6-25(28-24)36-16-4-15-30)21-9-13-29(14-10-21)37(32,33)27(26(31)34-2)11-17-35-18-12-27/h3,5-8,19,21,30H,4,9-18H2,1-2H3. The number of carbonyl (C=O) groups excluding carboxylic acids is 1. The van der Waals surface area contributed by atoms with Crippen molar-refractivity contribution in [3.05, 3.63) is 47.5 Å². The van der Waals surface area contributed by atoms with Crippen LogP contribution < -0.4 is 4.74 Å². The largest absolute Gasteiger partial charge is 0.478 e. The number of esters is 1. The number of sulfonamides is 1. The van der Waals surface area contributed by atoms with Gasteiger partial charge in [-0.25, -0.2) is 17.7 Å². The molecule has 0 unspecified atom stereocenters. The van der Waals surface area contributed by atoms with E-state index in [1.165, 1.54) is 17.0 Å². The van der Waals surface area contributed by atoms with Gasteiger partial charge in [0.15, 0.2) is 4.75 Å². The van der Waals surface area contributed by atoms with Crippen LogP contribution in [0.1, 0.15) is 49.1 Å². The van der Waals surface area contributed by atoms with Gasteiger partial charge in [0.2, 0.25) is 15.9 Å². The number of benzene rings is 1. The molecule has 0 bridgehead atoms. The van der Waals surface area contributed by atoms with E-state index in [2.05, 4.69) is 23.2 Å². The van der Waals surface area contributed by atoms with Gasteiger partial charge in [-0.15, -0.1) is 0 Å². The van der Waals surface area contributed by atoms with Crippen molar-refractivity contribution in [2.24, 2.45) is 0 Å². The molecule has 0 aliphatic carbocycles. The molecule has 3 heterocycles. The number of aromatic nitrogens is 1. The molecule has 1 N–H and O–H groups in total. The number of aliphatic hydroxyl groups is 1. The molecule has 9 nitrogen and oxygen atoms in total. The maximum absolute atomic E-state index is 13.6. The molecule has 0 radical (unpaired) electrons.